The molecule has 2 aromatic rings. The number of phenolic OH excluding ortho intramolecular Hbond substituents is 2. The second-order valence-electron chi connectivity index (χ2n) is 4.19. The molecule has 24 heavy (non-hydrogen) atoms. The van der Waals surface area contributed by atoms with E-state index in [2.05, 4.69) is 19.6 Å². The third-order valence-electron chi connectivity index (χ3n) is 2.62. The third-order valence-corrected chi connectivity index (χ3v) is 2.62. The van der Waals surface area contributed by atoms with E-state index in [1.54, 1.807) is 0 Å². The summed E-state index contributed by atoms with van der Waals surface area (Å²) in [7, 11) is 0. The van der Waals surface area contributed by atoms with Crippen LogP contribution in [-0.4, -0.2) is 28.3 Å². The summed E-state index contributed by atoms with van der Waals surface area (Å²) in [5, 5.41) is 18.8. The van der Waals surface area contributed by atoms with Gasteiger partial charge in [-0.3, -0.25) is 0 Å². The van der Waals surface area contributed by atoms with E-state index in [-0.39, 0.29) is 22.6 Å². The Labute approximate surface area is 134 Å². The molecule has 9 nitrogen and oxygen atoms in total. The van der Waals surface area contributed by atoms with Gasteiger partial charge in [0.05, 0.1) is 0 Å². The average molecular weight is 334 g/mol. The topological polar surface area (TPSA) is 129 Å². The molecular formula is C15H10O9. The molecule has 124 valence electrons. The highest BCUT2D eigenvalue weighted by atomic mass is 17.3. The fraction of sp³-hybridized carbons (Fsp3) is 0. The van der Waals surface area contributed by atoms with Gasteiger partial charge in [-0.15, -0.1) is 0 Å². The zero-order valence-electron chi connectivity index (χ0n) is 11.9. The zero-order chi connectivity index (χ0) is 17.5. The molecule has 0 unspecified atom stereocenters. The summed E-state index contributed by atoms with van der Waals surface area (Å²) in [6, 6.07) is 10.7. The number of rotatable bonds is 2. The second kappa shape index (κ2) is 7.49. The molecule has 0 heterocycles. The van der Waals surface area contributed by atoms with Crippen LogP contribution >= 0.6 is 0 Å². The van der Waals surface area contributed by atoms with E-state index < -0.39 is 18.1 Å². The molecule has 0 saturated carbocycles. The van der Waals surface area contributed by atoms with Gasteiger partial charge in [0.25, 0.3) is 0 Å². The normalized spacial score (nSPS) is 9.67. The summed E-state index contributed by atoms with van der Waals surface area (Å²) in [4.78, 5) is 50.4. The molecule has 2 rings (SSSR count). The highest BCUT2D eigenvalue weighted by Crippen LogP contribution is 2.18. The molecule has 2 N–H and O–H groups in total. The molecule has 2 aromatic carbocycles. The highest BCUT2D eigenvalue weighted by Gasteiger charge is 2.20. The maximum Gasteiger partial charge on any atom is 0.592 e. The van der Waals surface area contributed by atoms with E-state index >= 15 is 0 Å². The largest absolute Gasteiger partial charge is 0.592 e. The van der Waals surface area contributed by atoms with Crippen molar-refractivity contribution in [2.45, 2.75) is 0 Å². The Bertz CT molecular complexity index is 706. The molecule has 0 spiro atoms. The number of phenols is 2. The van der Waals surface area contributed by atoms with Gasteiger partial charge >= 0.3 is 18.1 Å². The van der Waals surface area contributed by atoms with Crippen LogP contribution in [0.3, 0.4) is 0 Å². The van der Waals surface area contributed by atoms with Crippen molar-refractivity contribution in [3.8, 4) is 11.5 Å². The Hall–Kier alpha value is -3.75. The van der Waals surface area contributed by atoms with Gasteiger partial charge < -0.3 is 10.2 Å². The summed E-state index contributed by atoms with van der Waals surface area (Å²) in [5.41, 5.74) is -0.506. The first-order valence-electron chi connectivity index (χ1n) is 6.36. The van der Waals surface area contributed by atoms with E-state index in [4.69, 9.17) is 0 Å². The Morgan fingerprint density at radius 1 is 0.625 bits per heavy atom. The minimum atomic E-state index is -1.65. The van der Waals surface area contributed by atoms with Crippen LogP contribution in [0.25, 0.3) is 0 Å². The van der Waals surface area contributed by atoms with E-state index in [0.717, 1.165) is 0 Å². The fourth-order valence-electron chi connectivity index (χ4n) is 1.54. The van der Waals surface area contributed by atoms with Crippen molar-refractivity contribution in [3.63, 3.8) is 0 Å². The van der Waals surface area contributed by atoms with Crippen molar-refractivity contribution in [3.05, 3.63) is 59.7 Å². The monoisotopic (exact) mass is 334 g/mol. The van der Waals surface area contributed by atoms with Crippen molar-refractivity contribution < 1.29 is 44.1 Å². The number of aromatic hydroxyl groups is 2. The van der Waals surface area contributed by atoms with Crippen LogP contribution in [0.5, 0.6) is 11.5 Å². The van der Waals surface area contributed by atoms with Gasteiger partial charge in [0, 0.05) is 0 Å². The van der Waals surface area contributed by atoms with Crippen molar-refractivity contribution in [1.29, 1.82) is 0 Å². The van der Waals surface area contributed by atoms with Crippen LogP contribution in [0, 0.1) is 0 Å². The maximum atomic E-state index is 11.5. The van der Waals surface area contributed by atoms with Gasteiger partial charge in [0.2, 0.25) is 0 Å². The average Bonchev–Trinajstić information content (AvgIpc) is 2.58. The summed E-state index contributed by atoms with van der Waals surface area (Å²) < 4.78 is 0. The molecule has 0 aromatic heterocycles. The first kappa shape index (κ1) is 16.6. The minimum Gasteiger partial charge on any atom is -0.507 e. The number of carbonyl (C=O) groups excluding carboxylic acids is 3. The molecular weight excluding hydrogens is 324 g/mol. The maximum absolute atomic E-state index is 11.5. The lowest BCUT2D eigenvalue weighted by atomic mass is 10.2. The van der Waals surface area contributed by atoms with E-state index in [9.17, 15) is 24.6 Å². The fourth-order valence-corrected chi connectivity index (χ4v) is 1.54. The van der Waals surface area contributed by atoms with Crippen LogP contribution in [0.2, 0.25) is 0 Å². The molecule has 0 aliphatic carbocycles. The van der Waals surface area contributed by atoms with Crippen molar-refractivity contribution >= 4 is 18.1 Å². The lowest BCUT2D eigenvalue weighted by Crippen LogP contribution is -2.15. The number of para-hydroxylation sites is 2. The lowest BCUT2D eigenvalue weighted by molar-refractivity contribution is -0.267. The van der Waals surface area contributed by atoms with E-state index in [0.29, 0.717) is 0 Å². The first-order chi connectivity index (χ1) is 11.5. The summed E-state index contributed by atoms with van der Waals surface area (Å²) >= 11 is 0. The Morgan fingerprint density at radius 3 is 1.38 bits per heavy atom. The van der Waals surface area contributed by atoms with Gasteiger partial charge in [-0.05, 0) is 24.3 Å². The molecule has 0 bridgehead atoms. The van der Waals surface area contributed by atoms with Crippen molar-refractivity contribution in [2.24, 2.45) is 0 Å². The summed E-state index contributed by atoms with van der Waals surface area (Å²) in [6.45, 7) is 0. The van der Waals surface area contributed by atoms with E-state index in [1.807, 2.05) is 0 Å². The second-order valence-corrected chi connectivity index (χ2v) is 4.19. The Balaban J connectivity index is 1.82. The lowest BCUT2D eigenvalue weighted by Gasteiger charge is -2.05. The smallest absolute Gasteiger partial charge is 0.507 e. The summed E-state index contributed by atoms with van der Waals surface area (Å²) in [6.07, 6.45) is -1.65. The van der Waals surface area contributed by atoms with Crippen LogP contribution in [0.4, 0.5) is 4.79 Å². The Morgan fingerprint density at radius 2 is 1.00 bits per heavy atom. The van der Waals surface area contributed by atoms with Crippen molar-refractivity contribution in [2.75, 3.05) is 0 Å². The zero-order valence-corrected chi connectivity index (χ0v) is 11.9. The standard InChI is InChI=1S/C15H10O9/c16-11-7-3-1-5-9(11)13(18)21-23-15(20)24-22-14(19)10-6-2-4-8-12(10)17/h1-8,16-17H. The predicted molar refractivity (Wildman–Crippen MR) is 74.6 cm³/mol. The SMILES string of the molecule is O=C(OOC(=O)c1ccccc1O)OOC(=O)c1ccccc1O. The van der Waals surface area contributed by atoms with Crippen LogP contribution < -0.4 is 0 Å². The van der Waals surface area contributed by atoms with Gasteiger partial charge in [-0.1, -0.05) is 24.3 Å². The molecule has 0 fully saturated rings. The molecule has 0 amide bonds. The highest BCUT2D eigenvalue weighted by molar-refractivity contribution is 5.93. The molecule has 0 saturated heterocycles. The first-order valence-corrected chi connectivity index (χ1v) is 6.36. The van der Waals surface area contributed by atoms with Crippen LogP contribution in [-0.2, 0) is 19.6 Å². The van der Waals surface area contributed by atoms with Crippen molar-refractivity contribution in [1.82, 2.24) is 0 Å². The number of hydrogen-bond acceptors (Lipinski definition) is 9. The molecule has 0 aliphatic heterocycles. The molecule has 9 heteroatoms. The number of hydrogen-bond donors (Lipinski definition) is 2. The molecule has 0 aliphatic rings. The third kappa shape index (κ3) is 4.13. The number of carbonyl (C=O) groups is 3. The Kier molecular flexibility index (Phi) is 5.19. The van der Waals surface area contributed by atoms with Gasteiger partial charge in [-0.2, -0.15) is 4.79 Å². The molecule has 0 radical (unpaired) electrons. The quantitative estimate of drug-likeness (QED) is 0.626. The molecule has 0 atom stereocenters. The summed E-state index contributed by atoms with van der Waals surface area (Å²) in [5.74, 6) is -3.11. The van der Waals surface area contributed by atoms with E-state index in [1.165, 1.54) is 48.5 Å². The number of benzene rings is 2. The minimum absolute atomic E-state index is 0.253. The predicted octanol–water partition coefficient (Wildman–Crippen LogP) is 2.09. The van der Waals surface area contributed by atoms with Crippen LogP contribution in [0.1, 0.15) is 20.7 Å². The van der Waals surface area contributed by atoms with Gasteiger partial charge in [0.15, 0.2) is 0 Å². The van der Waals surface area contributed by atoms with Crippen LogP contribution in [0.15, 0.2) is 48.5 Å². The van der Waals surface area contributed by atoms with Gasteiger partial charge in [-0.25, -0.2) is 29.1 Å². The van der Waals surface area contributed by atoms with Gasteiger partial charge in [0.1, 0.15) is 22.6 Å².